The lowest BCUT2D eigenvalue weighted by molar-refractivity contribution is -0.314. The van der Waals surface area contributed by atoms with Crippen molar-refractivity contribution in [2.75, 3.05) is 26.7 Å². The van der Waals surface area contributed by atoms with Gasteiger partial charge in [-0.15, -0.1) is 11.6 Å². The summed E-state index contributed by atoms with van der Waals surface area (Å²) in [6, 6.07) is -0.805. The third-order valence-corrected chi connectivity index (χ3v) is 21.7. The number of esters is 1. The van der Waals surface area contributed by atoms with Crippen LogP contribution in [-0.2, 0) is 42.8 Å². The van der Waals surface area contributed by atoms with E-state index in [0.29, 0.717) is 25.7 Å². The van der Waals surface area contributed by atoms with Gasteiger partial charge in [0, 0.05) is 56.0 Å². The number of hydrogen-bond acceptors (Lipinski definition) is 17. The molecule has 26 atom stereocenters. The second-order valence-corrected chi connectivity index (χ2v) is 27.1. The van der Waals surface area contributed by atoms with E-state index >= 15 is 4.39 Å². The maximum absolute atomic E-state index is 16.2. The Kier molecular flexibility index (Phi) is 19.3. The lowest BCUT2D eigenvalue weighted by atomic mass is 9.45. The zero-order valence-corrected chi connectivity index (χ0v) is 50.0. The van der Waals surface area contributed by atoms with E-state index in [4.69, 9.17) is 40.0 Å². The monoisotopic (exact) mass is 1140 g/mol. The molecule has 0 bridgehead atoms. The fourth-order valence-corrected chi connectivity index (χ4v) is 16.4. The van der Waals surface area contributed by atoms with E-state index in [2.05, 4.69) is 5.32 Å². The van der Waals surface area contributed by atoms with Crippen LogP contribution in [0, 0.1) is 46.3 Å². The van der Waals surface area contributed by atoms with Crippen molar-refractivity contribution in [2.45, 2.75) is 255 Å². The molecule has 0 aromatic carbocycles. The molecule has 1 amide bonds. The Bertz CT molecular complexity index is 2260. The summed E-state index contributed by atoms with van der Waals surface area (Å²) in [4.78, 5) is 42.2. The molecule has 3 saturated carbocycles. The molecule has 0 radical (unpaired) electrons. The number of nitrogens with one attached hydrogen (secondary N) is 1. The number of ketones is 1. The minimum absolute atomic E-state index is 0.0515. The first kappa shape index (κ1) is 64.4. The van der Waals surface area contributed by atoms with Crippen LogP contribution >= 0.6 is 11.6 Å². The van der Waals surface area contributed by atoms with Crippen molar-refractivity contribution in [2.24, 2.45) is 46.3 Å². The molecule has 0 aromatic rings. The van der Waals surface area contributed by atoms with Crippen molar-refractivity contribution in [1.82, 2.24) is 10.2 Å². The molecule has 2 unspecified atom stereocenters. The number of nitrogens with zero attached hydrogens (tertiary/aromatic N) is 1. The van der Waals surface area contributed by atoms with Crippen LogP contribution in [0.1, 0.15) is 148 Å². The van der Waals surface area contributed by atoms with Crippen molar-refractivity contribution in [3.05, 3.63) is 23.8 Å². The number of aliphatic hydroxyl groups is 7. The molecule has 0 spiro atoms. The zero-order valence-electron chi connectivity index (χ0n) is 49.2. The van der Waals surface area contributed by atoms with Gasteiger partial charge >= 0.3 is 5.97 Å². The van der Waals surface area contributed by atoms with E-state index in [1.165, 1.54) is 26.2 Å². The summed E-state index contributed by atoms with van der Waals surface area (Å²) < 4.78 is 54.1. The Morgan fingerprint density at radius 1 is 0.899 bits per heavy atom. The second kappa shape index (κ2) is 23.7. The molecule has 3 aliphatic heterocycles. The van der Waals surface area contributed by atoms with Crippen LogP contribution in [0.2, 0.25) is 0 Å². The number of rotatable bonds is 11. The van der Waals surface area contributed by atoms with Crippen molar-refractivity contribution in [3.63, 3.8) is 0 Å². The highest BCUT2D eigenvalue weighted by atomic mass is 35.5. The molecule has 3 saturated heterocycles. The first-order valence-corrected chi connectivity index (χ1v) is 29.5. The SMILES string of the molecule is CC[C@H]1OC(=O)[C@H](C)[C@@H](O[C@H]2C[C@@](C)(OC)[C@@H](O)[C@H](C)O2)[C@H](C)[C@@H](O[C@@H]2O[C@H](C)CC[C@H]2O)[C@](C)(O)C[C@@H](C)CN(CCCNC(=O)[C@@]2(O)[C@H](C)CC3C4C[C@H](F)C5=CC(=O)C=C[C@]5(C)[C@@]4(Cl)[C@@H](O)C[C@@]32C)[C@H](C)[C@@H](O)[C@]1(C)O. The van der Waals surface area contributed by atoms with Gasteiger partial charge in [0.2, 0.25) is 0 Å². The van der Waals surface area contributed by atoms with Crippen molar-refractivity contribution in [1.29, 1.82) is 0 Å². The molecule has 20 heteroatoms. The third kappa shape index (κ3) is 11.5. The molecule has 7 aliphatic rings. The summed E-state index contributed by atoms with van der Waals surface area (Å²) in [5.74, 6) is -5.81. The van der Waals surface area contributed by atoms with Gasteiger partial charge in [0.1, 0.15) is 36.2 Å². The smallest absolute Gasteiger partial charge is 0.311 e. The number of amides is 1. The molecular formula is C59H96ClFN2O16. The number of methoxy groups -OCH3 is 1. The standard InChI is InChI=1S/C59H96ClFN2O16/c1-15-44-57(13,72)47(67)35(7)63(22-16-21-62-52(70)59(73)31(3)23-38-39-25-41(61)40-24-37(64)19-20-53(40,9)58(39,60)43(66)27-54(38,59)10)29-30(2)26-55(11,71)49(79-51-42(65)18-17-32(4)75-51)33(5)46(34(6)50(69)77-44)78-45-28-56(12,74-14)48(68)36(8)76-45/h19-20,24,30-36,38-39,41-49,51,65-68,71-73H,15-18,21-23,25-29H2,1-14H3,(H,62,70)/t30-,31-,32-,33+,34-,35-,36+,38?,39?,41+,42-,43+,44-,45+,46+,47-,48+,49-,51+,53+,54+,55-,56-,57-,58+,59+/m1/s1. The average Bonchev–Trinajstić information content (AvgIpc) is 3.87. The molecule has 452 valence electrons. The number of allylic oxidation sites excluding steroid dienone is 4. The Hall–Kier alpha value is -2.21. The van der Waals surface area contributed by atoms with Gasteiger partial charge in [-0.1, -0.05) is 47.6 Å². The van der Waals surface area contributed by atoms with E-state index in [0.717, 1.165) is 0 Å². The predicted molar refractivity (Wildman–Crippen MR) is 291 cm³/mol. The van der Waals surface area contributed by atoms with E-state index in [1.807, 2.05) is 18.7 Å². The maximum atomic E-state index is 16.2. The minimum atomic E-state index is -2.01. The van der Waals surface area contributed by atoms with Gasteiger partial charge in [-0.05, 0) is 141 Å². The highest BCUT2D eigenvalue weighted by molar-refractivity contribution is 6.26. The molecule has 8 N–H and O–H groups in total. The first-order chi connectivity index (χ1) is 36.6. The van der Waals surface area contributed by atoms with Crippen LogP contribution in [0.5, 0.6) is 0 Å². The van der Waals surface area contributed by atoms with E-state index < -0.39 is 153 Å². The van der Waals surface area contributed by atoms with E-state index in [1.54, 1.807) is 75.3 Å². The number of fused-ring (bicyclic) bond motifs is 5. The molecule has 6 fully saturated rings. The summed E-state index contributed by atoms with van der Waals surface area (Å²) in [6.45, 7) is 23.0. The summed E-state index contributed by atoms with van der Waals surface area (Å²) in [5.41, 5.74) is -8.98. The molecule has 79 heavy (non-hydrogen) atoms. The van der Waals surface area contributed by atoms with Crippen molar-refractivity contribution >= 4 is 29.3 Å². The van der Waals surface area contributed by atoms with Gasteiger partial charge in [0.25, 0.3) is 5.91 Å². The zero-order chi connectivity index (χ0) is 58.9. The number of ether oxygens (including phenoxy) is 6. The molecule has 7 rings (SSSR count). The largest absolute Gasteiger partial charge is 0.459 e. The lowest BCUT2D eigenvalue weighted by Crippen LogP contribution is -2.70. The maximum Gasteiger partial charge on any atom is 0.311 e. The van der Waals surface area contributed by atoms with Crippen LogP contribution in [0.25, 0.3) is 0 Å². The van der Waals surface area contributed by atoms with E-state index in [9.17, 15) is 50.1 Å². The van der Waals surface area contributed by atoms with Gasteiger partial charge in [-0.25, -0.2) is 4.39 Å². The van der Waals surface area contributed by atoms with Crippen molar-refractivity contribution in [3.8, 4) is 0 Å². The van der Waals surface area contributed by atoms with Gasteiger partial charge in [0.15, 0.2) is 24.0 Å². The Labute approximate surface area is 472 Å². The number of carbonyl (C=O) groups excluding carboxylic acids is 3. The Morgan fingerprint density at radius 3 is 2.22 bits per heavy atom. The summed E-state index contributed by atoms with van der Waals surface area (Å²) in [5, 5.41) is 87.7. The Morgan fingerprint density at radius 2 is 1.57 bits per heavy atom. The highest BCUT2D eigenvalue weighted by Gasteiger charge is 2.76. The third-order valence-electron chi connectivity index (χ3n) is 20.8. The second-order valence-electron chi connectivity index (χ2n) is 26.5. The van der Waals surface area contributed by atoms with E-state index in [-0.39, 0.29) is 75.1 Å². The molecule has 18 nitrogen and oxygen atoms in total. The minimum Gasteiger partial charge on any atom is -0.459 e. The summed E-state index contributed by atoms with van der Waals surface area (Å²) >= 11 is 7.56. The number of halogens is 2. The molecule has 3 heterocycles. The van der Waals surface area contributed by atoms with Crippen LogP contribution in [0.4, 0.5) is 4.39 Å². The number of aliphatic hydroxyl groups excluding tert-OH is 4. The van der Waals surface area contributed by atoms with Crippen LogP contribution < -0.4 is 5.32 Å². The van der Waals surface area contributed by atoms with Crippen LogP contribution in [0.3, 0.4) is 0 Å². The summed E-state index contributed by atoms with van der Waals surface area (Å²) in [6.07, 6.45) is -7.07. The molecule has 4 aliphatic carbocycles. The Balaban J connectivity index is 1.14. The normalized spacial score (nSPS) is 51.2. The molecular weight excluding hydrogens is 1050 g/mol. The molecule has 0 aromatic heterocycles. The quantitative estimate of drug-likeness (QED) is 0.0785. The number of hydrogen-bond donors (Lipinski definition) is 8. The van der Waals surface area contributed by atoms with Gasteiger partial charge < -0.3 is 69.5 Å². The van der Waals surface area contributed by atoms with Gasteiger partial charge in [0.05, 0.1) is 52.5 Å². The number of alkyl halides is 2. The predicted octanol–water partition coefficient (Wildman–Crippen LogP) is 4.80. The van der Waals surface area contributed by atoms with Crippen LogP contribution in [0.15, 0.2) is 23.8 Å². The fourth-order valence-electron chi connectivity index (χ4n) is 15.9. The van der Waals surface area contributed by atoms with Crippen molar-refractivity contribution < 1.29 is 82.9 Å². The highest BCUT2D eigenvalue weighted by Crippen LogP contribution is 2.71. The average molecular weight is 1140 g/mol. The number of cyclic esters (lactones) is 1. The van der Waals surface area contributed by atoms with Crippen LogP contribution in [-0.4, -0.2) is 192 Å². The summed E-state index contributed by atoms with van der Waals surface area (Å²) in [7, 11) is 1.48. The lowest BCUT2D eigenvalue weighted by Gasteiger charge is -2.64. The topological polar surface area (TPSA) is 263 Å². The van der Waals surface area contributed by atoms with Gasteiger partial charge in [-0.3, -0.25) is 19.3 Å². The fraction of sp³-hybridized carbons (Fsp3) is 0.881. The van der Waals surface area contributed by atoms with Gasteiger partial charge in [-0.2, -0.15) is 0 Å². The first-order valence-electron chi connectivity index (χ1n) is 29.2. The number of carbonyl (C=O) groups is 3.